The van der Waals surface area contributed by atoms with E-state index in [1.54, 1.807) is 0 Å². The van der Waals surface area contributed by atoms with Crippen LogP contribution in [0.2, 0.25) is 0 Å². The summed E-state index contributed by atoms with van der Waals surface area (Å²) < 4.78 is 5.35. The third-order valence-corrected chi connectivity index (χ3v) is 3.37. The molecule has 0 aromatic carbocycles. The molecular weight excluding hydrogens is 240 g/mol. The van der Waals surface area contributed by atoms with Crippen LogP contribution in [0.3, 0.4) is 0 Å². The molecule has 1 spiro atoms. The standard InChI is InChI=1S/C12H22N2O2.ClH/c1-11(2,3)16-10(15)14-8-12(9-14)4-6-13-7-5-12;/h13H,4-9H2,1-3H3;1H. The predicted octanol–water partition coefficient (Wildman–Crippen LogP) is 2.03. The number of carbonyl (C=O) groups excluding carboxylic acids is 1. The Balaban J connectivity index is 0.00000144. The van der Waals surface area contributed by atoms with Crippen LogP contribution in [-0.2, 0) is 4.74 Å². The Labute approximate surface area is 109 Å². The van der Waals surface area contributed by atoms with E-state index in [0.717, 1.165) is 26.2 Å². The van der Waals surface area contributed by atoms with E-state index in [1.165, 1.54) is 12.8 Å². The van der Waals surface area contributed by atoms with Crippen molar-refractivity contribution >= 4 is 18.5 Å². The van der Waals surface area contributed by atoms with Crippen molar-refractivity contribution in [3.8, 4) is 0 Å². The van der Waals surface area contributed by atoms with Gasteiger partial charge in [0.2, 0.25) is 0 Å². The fourth-order valence-corrected chi connectivity index (χ4v) is 2.49. The summed E-state index contributed by atoms with van der Waals surface area (Å²) >= 11 is 0. The molecule has 0 saturated carbocycles. The van der Waals surface area contributed by atoms with Crippen LogP contribution in [0.15, 0.2) is 0 Å². The Morgan fingerprint density at radius 2 is 1.76 bits per heavy atom. The van der Waals surface area contributed by atoms with Crippen LogP contribution >= 0.6 is 12.4 Å². The summed E-state index contributed by atoms with van der Waals surface area (Å²) in [4.78, 5) is 13.6. The molecule has 2 heterocycles. The van der Waals surface area contributed by atoms with Crippen LogP contribution in [0.5, 0.6) is 0 Å². The summed E-state index contributed by atoms with van der Waals surface area (Å²) in [5, 5.41) is 3.36. The Kier molecular flexibility index (Phi) is 4.31. The molecule has 0 aromatic heterocycles. The molecule has 1 N–H and O–H groups in total. The number of hydrogen-bond acceptors (Lipinski definition) is 3. The second-order valence-electron chi connectivity index (χ2n) is 6.09. The van der Waals surface area contributed by atoms with Crippen LogP contribution in [0.25, 0.3) is 0 Å². The van der Waals surface area contributed by atoms with Crippen LogP contribution < -0.4 is 5.32 Å². The van der Waals surface area contributed by atoms with E-state index in [-0.39, 0.29) is 24.1 Å². The number of piperidine rings is 1. The topological polar surface area (TPSA) is 41.6 Å². The molecule has 0 bridgehead atoms. The molecule has 5 heteroatoms. The van der Waals surface area contributed by atoms with Gasteiger partial charge in [-0.1, -0.05) is 0 Å². The third-order valence-electron chi connectivity index (χ3n) is 3.37. The summed E-state index contributed by atoms with van der Waals surface area (Å²) in [6, 6.07) is 0. The summed E-state index contributed by atoms with van der Waals surface area (Å²) in [5.74, 6) is 0. The van der Waals surface area contributed by atoms with Gasteiger partial charge in [0.1, 0.15) is 5.60 Å². The fourth-order valence-electron chi connectivity index (χ4n) is 2.49. The third kappa shape index (κ3) is 3.49. The second-order valence-corrected chi connectivity index (χ2v) is 6.09. The Hall–Kier alpha value is -0.480. The van der Waals surface area contributed by atoms with E-state index in [9.17, 15) is 4.79 Å². The number of rotatable bonds is 0. The van der Waals surface area contributed by atoms with E-state index in [1.807, 2.05) is 25.7 Å². The highest BCUT2D eigenvalue weighted by atomic mass is 35.5. The lowest BCUT2D eigenvalue weighted by molar-refractivity contribution is -0.0457. The minimum atomic E-state index is -0.381. The molecule has 2 fully saturated rings. The molecule has 0 aromatic rings. The van der Waals surface area contributed by atoms with Crippen molar-refractivity contribution in [3.05, 3.63) is 0 Å². The summed E-state index contributed by atoms with van der Waals surface area (Å²) in [5.41, 5.74) is 0.0100. The second kappa shape index (κ2) is 5.02. The molecule has 2 rings (SSSR count). The van der Waals surface area contributed by atoms with Gasteiger partial charge in [-0.3, -0.25) is 0 Å². The van der Waals surface area contributed by atoms with Gasteiger partial charge in [-0.25, -0.2) is 4.79 Å². The van der Waals surface area contributed by atoms with Gasteiger partial charge < -0.3 is 15.0 Å². The largest absolute Gasteiger partial charge is 0.444 e. The van der Waals surface area contributed by atoms with Crippen molar-refractivity contribution < 1.29 is 9.53 Å². The van der Waals surface area contributed by atoms with Crippen LogP contribution in [0.1, 0.15) is 33.6 Å². The zero-order valence-electron chi connectivity index (χ0n) is 10.9. The highest BCUT2D eigenvalue weighted by Crippen LogP contribution is 2.39. The quantitative estimate of drug-likeness (QED) is 0.726. The molecule has 4 nitrogen and oxygen atoms in total. The number of likely N-dealkylation sites (tertiary alicyclic amines) is 1. The zero-order chi connectivity index (χ0) is 11.8. The van der Waals surface area contributed by atoms with E-state index >= 15 is 0 Å². The van der Waals surface area contributed by atoms with Gasteiger partial charge in [0.05, 0.1) is 0 Å². The van der Waals surface area contributed by atoms with Crippen molar-refractivity contribution in [2.75, 3.05) is 26.2 Å². The molecule has 2 saturated heterocycles. The van der Waals surface area contributed by atoms with Crippen molar-refractivity contribution in [2.24, 2.45) is 5.41 Å². The lowest BCUT2D eigenvalue weighted by atomic mass is 9.73. The summed E-state index contributed by atoms with van der Waals surface area (Å²) in [6.45, 7) is 9.65. The minimum Gasteiger partial charge on any atom is -0.444 e. The molecule has 0 unspecified atom stereocenters. The van der Waals surface area contributed by atoms with Crippen molar-refractivity contribution in [1.29, 1.82) is 0 Å². The van der Waals surface area contributed by atoms with Crippen molar-refractivity contribution in [1.82, 2.24) is 10.2 Å². The maximum Gasteiger partial charge on any atom is 0.410 e. The van der Waals surface area contributed by atoms with Crippen LogP contribution in [-0.4, -0.2) is 42.8 Å². The molecule has 100 valence electrons. The van der Waals surface area contributed by atoms with Gasteiger partial charge in [-0.2, -0.15) is 0 Å². The van der Waals surface area contributed by atoms with Gasteiger partial charge in [-0.15, -0.1) is 12.4 Å². The first kappa shape index (κ1) is 14.6. The van der Waals surface area contributed by atoms with Crippen molar-refractivity contribution in [3.63, 3.8) is 0 Å². The lowest BCUT2D eigenvalue weighted by Gasteiger charge is -2.52. The molecule has 0 radical (unpaired) electrons. The molecule has 2 aliphatic rings. The lowest BCUT2D eigenvalue weighted by Crippen LogP contribution is -2.62. The van der Waals surface area contributed by atoms with Crippen LogP contribution in [0, 0.1) is 5.41 Å². The fraction of sp³-hybridized carbons (Fsp3) is 0.917. The van der Waals surface area contributed by atoms with E-state index in [0.29, 0.717) is 5.41 Å². The van der Waals surface area contributed by atoms with Gasteiger partial charge >= 0.3 is 6.09 Å². The molecule has 17 heavy (non-hydrogen) atoms. The summed E-state index contributed by atoms with van der Waals surface area (Å²) in [6.07, 6.45) is 2.22. The number of ether oxygens (including phenoxy) is 1. The zero-order valence-corrected chi connectivity index (χ0v) is 11.7. The van der Waals surface area contributed by atoms with E-state index in [2.05, 4.69) is 5.32 Å². The van der Waals surface area contributed by atoms with Crippen LogP contribution in [0.4, 0.5) is 4.79 Å². The van der Waals surface area contributed by atoms with E-state index in [4.69, 9.17) is 4.74 Å². The van der Waals surface area contributed by atoms with Gasteiger partial charge in [0.15, 0.2) is 0 Å². The van der Waals surface area contributed by atoms with Gasteiger partial charge in [0.25, 0.3) is 0 Å². The molecular formula is C12H23ClN2O2. The molecule has 2 aliphatic heterocycles. The van der Waals surface area contributed by atoms with Gasteiger partial charge in [0, 0.05) is 18.5 Å². The number of nitrogens with zero attached hydrogens (tertiary/aromatic N) is 1. The van der Waals surface area contributed by atoms with Crippen molar-refractivity contribution in [2.45, 2.75) is 39.2 Å². The predicted molar refractivity (Wildman–Crippen MR) is 69.6 cm³/mol. The average molecular weight is 263 g/mol. The Morgan fingerprint density at radius 3 is 2.24 bits per heavy atom. The molecule has 0 aliphatic carbocycles. The maximum atomic E-state index is 11.8. The Bertz CT molecular complexity index is 275. The minimum absolute atomic E-state index is 0. The molecule has 1 amide bonds. The Morgan fingerprint density at radius 1 is 1.24 bits per heavy atom. The SMILES string of the molecule is CC(C)(C)OC(=O)N1CC2(CCNCC2)C1.Cl. The first-order valence-electron chi connectivity index (χ1n) is 6.09. The normalized spacial score (nSPS) is 22.6. The number of nitrogens with one attached hydrogen (secondary N) is 1. The monoisotopic (exact) mass is 262 g/mol. The maximum absolute atomic E-state index is 11.8. The number of halogens is 1. The number of carbonyl (C=O) groups is 1. The summed E-state index contributed by atoms with van der Waals surface area (Å²) in [7, 11) is 0. The first-order chi connectivity index (χ1) is 7.40. The average Bonchev–Trinajstić information content (AvgIpc) is 2.12. The highest BCUT2D eigenvalue weighted by molar-refractivity contribution is 5.85. The first-order valence-corrected chi connectivity index (χ1v) is 6.09. The van der Waals surface area contributed by atoms with Gasteiger partial charge in [-0.05, 0) is 46.7 Å². The van der Waals surface area contributed by atoms with E-state index < -0.39 is 0 Å². The number of amides is 1. The highest BCUT2D eigenvalue weighted by Gasteiger charge is 2.46. The number of hydrogen-bond donors (Lipinski definition) is 1. The smallest absolute Gasteiger partial charge is 0.410 e. The molecule has 0 atom stereocenters.